The lowest BCUT2D eigenvalue weighted by atomic mass is 9.97. The van der Waals surface area contributed by atoms with Crippen molar-refractivity contribution in [2.24, 2.45) is 33.8 Å². The lowest BCUT2D eigenvalue weighted by Crippen LogP contribution is -2.61. The number of unbranched alkanes of at least 4 members (excludes halogenated alkanes) is 1. The molecule has 29 heteroatoms. The second-order valence-electron chi connectivity index (χ2n) is 17.2. The number of guanidine groups is 1. The maximum Gasteiger partial charge on any atom is 0.326 e. The number of nitrogens with one attached hydrogen (secondary N) is 8. The first-order valence-electron chi connectivity index (χ1n) is 23.7. The SMILES string of the molecule is CC[C@H](C)[C@H](NC(=O)[C@H](CCCCN)NC(=O)[C@@H](N)CCCN=C(N)N)C(=O)N[C@@H](CO)C(=O)N[C@@H](C)C(=O)N[C@@H](CO)C(=O)N[C@@H](CCC(=O)O)C(=O)N[C@@H](Cc1ccccc1)C(=O)N[C@@H](CC(=O)O)C(=O)O. The molecule has 0 saturated carbocycles. The molecular formula is C45H73N13O16. The third kappa shape index (κ3) is 24.3. The summed E-state index contributed by atoms with van der Waals surface area (Å²) < 4.78 is 0. The number of aliphatic carboxylic acids is 3. The number of nitrogens with zero attached hydrogens (tertiary/aromatic N) is 1. The van der Waals surface area contributed by atoms with E-state index in [-0.39, 0.29) is 31.8 Å². The number of aliphatic hydroxyl groups is 2. The van der Waals surface area contributed by atoms with Gasteiger partial charge in [-0.3, -0.25) is 52.9 Å². The Morgan fingerprint density at radius 1 is 0.568 bits per heavy atom. The van der Waals surface area contributed by atoms with Gasteiger partial charge in [-0.05, 0) is 63.5 Å². The van der Waals surface area contributed by atoms with Gasteiger partial charge in [0.2, 0.25) is 47.3 Å². The van der Waals surface area contributed by atoms with Gasteiger partial charge in [0.05, 0.1) is 25.7 Å². The lowest BCUT2D eigenvalue weighted by Gasteiger charge is -2.28. The predicted octanol–water partition coefficient (Wildman–Crippen LogP) is -5.91. The van der Waals surface area contributed by atoms with Crippen molar-refractivity contribution >= 4 is 71.1 Å². The van der Waals surface area contributed by atoms with Crippen LogP contribution in [0.25, 0.3) is 0 Å². The molecule has 0 heterocycles. The molecule has 10 atom stereocenters. The summed E-state index contributed by atoms with van der Waals surface area (Å²) in [4.78, 5) is 146. The molecule has 0 aliphatic rings. The van der Waals surface area contributed by atoms with Crippen LogP contribution >= 0.6 is 0 Å². The average Bonchev–Trinajstić information content (AvgIpc) is 3.34. The number of benzene rings is 1. The fourth-order valence-corrected chi connectivity index (χ4v) is 6.76. The van der Waals surface area contributed by atoms with Crippen LogP contribution in [0.4, 0.5) is 0 Å². The number of carbonyl (C=O) groups excluding carboxylic acids is 8. The second kappa shape index (κ2) is 34.0. The Labute approximate surface area is 426 Å². The standard InChI is InChI=1S/C45H73N13O16/c1-4-23(2)35(58-39(68)27(14-8-9-17-46)52-37(66)26(47)13-10-18-50-45(48)49)43(72)57-31(21-59)41(70)51-24(3)36(65)56-32(22-60)42(71)53-28(15-16-33(61)62)38(67)54-29(19-25-11-6-5-7-12-25)40(69)55-30(44(73)74)20-34(63)64/h5-7,11-12,23-24,26-32,35,59-60H,4,8-10,13-22,46-47H2,1-3H3,(H,51,70)(H,52,66)(H,53,71)(H,54,67)(H,55,69)(H,56,65)(H,57,72)(H,58,68)(H,61,62)(H,63,64)(H,73,74)(H4,48,49,50)/t23-,24-,26-,27-,28-,29-,30-,31-,32-,35-/m0/s1. The molecule has 0 saturated heterocycles. The van der Waals surface area contributed by atoms with Gasteiger partial charge in [-0.15, -0.1) is 0 Å². The Hall–Kier alpha value is -7.50. The van der Waals surface area contributed by atoms with E-state index < -0.39 is 158 Å². The lowest BCUT2D eigenvalue weighted by molar-refractivity contribution is -0.147. The van der Waals surface area contributed by atoms with Crippen molar-refractivity contribution in [3.05, 3.63) is 35.9 Å². The summed E-state index contributed by atoms with van der Waals surface area (Å²) in [6, 6.07) is -5.99. The van der Waals surface area contributed by atoms with E-state index in [1.54, 1.807) is 44.2 Å². The molecule has 74 heavy (non-hydrogen) atoms. The van der Waals surface area contributed by atoms with Crippen molar-refractivity contribution in [2.75, 3.05) is 26.3 Å². The van der Waals surface area contributed by atoms with Crippen LogP contribution in [0.5, 0.6) is 0 Å². The molecule has 0 bridgehead atoms. The minimum absolute atomic E-state index is 0.123. The highest BCUT2D eigenvalue weighted by Gasteiger charge is 2.35. The zero-order valence-electron chi connectivity index (χ0n) is 41.5. The van der Waals surface area contributed by atoms with Gasteiger partial charge in [-0.2, -0.15) is 0 Å². The third-order valence-electron chi connectivity index (χ3n) is 11.2. The molecule has 0 aliphatic carbocycles. The fourth-order valence-electron chi connectivity index (χ4n) is 6.76. The second-order valence-corrected chi connectivity index (χ2v) is 17.2. The smallest absolute Gasteiger partial charge is 0.326 e. The number of nitrogens with two attached hydrogens (primary N) is 4. The summed E-state index contributed by atoms with van der Waals surface area (Å²) in [7, 11) is 0. The number of aliphatic imine (C=N–C) groups is 1. The van der Waals surface area contributed by atoms with E-state index in [9.17, 15) is 73.2 Å². The average molecular weight is 1050 g/mol. The highest BCUT2D eigenvalue weighted by atomic mass is 16.4. The number of rotatable bonds is 36. The molecule has 1 aromatic rings. The normalized spacial score (nSPS) is 15.0. The van der Waals surface area contributed by atoms with Crippen molar-refractivity contribution in [1.82, 2.24) is 42.5 Å². The Balaban J connectivity index is 3.19. The van der Waals surface area contributed by atoms with Gasteiger partial charge >= 0.3 is 17.9 Å². The van der Waals surface area contributed by atoms with E-state index in [4.69, 9.17) is 28.0 Å². The molecule has 0 spiro atoms. The Morgan fingerprint density at radius 2 is 1.07 bits per heavy atom. The van der Waals surface area contributed by atoms with Crippen molar-refractivity contribution in [2.45, 2.75) is 139 Å². The summed E-state index contributed by atoms with van der Waals surface area (Å²) >= 11 is 0. The van der Waals surface area contributed by atoms with E-state index in [1.807, 2.05) is 5.32 Å². The zero-order chi connectivity index (χ0) is 56.1. The highest BCUT2D eigenvalue weighted by Crippen LogP contribution is 2.12. The summed E-state index contributed by atoms with van der Waals surface area (Å²) in [5.74, 6) is -13.5. The number of carbonyl (C=O) groups is 11. The Morgan fingerprint density at radius 3 is 1.61 bits per heavy atom. The van der Waals surface area contributed by atoms with Gasteiger partial charge in [0.25, 0.3) is 0 Å². The number of carboxylic acids is 3. The van der Waals surface area contributed by atoms with Crippen molar-refractivity contribution in [3.63, 3.8) is 0 Å². The summed E-state index contributed by atoms with van der Waals surface area (Å²) in [5.41, 5.74) is 22.8. The van der Waals surface area contributed by atoms with E-state index in [2.05, 4.69) is 42.2 Å². The van der Waals surface area contributed by atoms with Crippen LogP contribution in [0.15, 0.2) is 35.3 Å². The third-order valence-corrected chi connectivity index (χ3v) is 11.2. The van der Waals surface area contributed by atoms with Crippen LogP contribution in [0, 0.1) is 5.92 Å². The van der Waals surface area contributed by atoms with E-state index in [1.165, 1.54) is 0 Å². The number of hydrogen-bond donors (Lipinski definition) is 17. The van der Waals surface area contributed by atoms with Crippen molar-refractivity contribution < 1.29 is 78.3 Å². The van der Waals surface area contributed by atoms with Gasteiger partial charge in [-0.1, -0.05) is 50.6 Å². The van der Waals surface area contributed by atoms with Crippen LogP contribution in [0.1, 0.15) is 84.1 Å². The Bertz CT molecular complexity index is 2100. The maximum atomic E-state index is 13.7. The van der Waals surface area contributed by atoms with E-state index >= 15 is 0 Å². The summed E-state index contributed by atoms with van der Waals surface area (Å²) in [6.07, 6.45) is -0.733. The molecule has 29 nitrogen and oxygen atoms in total. The van der Waals surface area contributed by atoms with Crippen LogP contribution < -0.4 is 65.5 Å². The van der Waals surface area contributed by atoms with E-state index in [0.717, 1.165) is 6.92 Å². The van der Waals surface area contributed by atoms with Gasteiger partial charge in [0.1, 0.15) is 48.3 Å². The largest absolute Gasteiger partial charge is 0.481 e. The van der Waals surface area contributed by atoms with Crippen molar-refractivity contribution in [1.29, 1.82) is 0 Å². The first-order valence-corrected chi connectivity index (χ1v) is 23.7. The monoisotopic (exact) mass is 1050 g/mol. The molecular weight excluding hydrogens is 979 g/mol. The van der Waals surface area contributed by atoms with Crippen LogP contribution in [-0.2, 0) is 59.2 Å². The van der Waals surface area contributed by atoms with Crippen molar-refractivity contribution in [3.8, 4) is 0 Å². The minimum atomic E-state index is -1.92. The molecule has 0 aromatic heterocycles. The number of amides is 8. The van der Waals surface area contributed by atoms with Gasteiger partial charge in [0.15, 0.2) is 5.96 Å². The van der Waals surface area contributed by atoms with Crippen LogP contribution in [0.2, 0.25) is 0 Å². The predicted molar refractivity (Wildman–Crippen MR) is 262 cm³/mol. The molecule has 414 valence electrons. The number of hydrogen-bond acceptors (Lipinski definition) is 16. The molecule has 0 unspecified atom stereocenters. The number of aliphatic hydroxyl groups excluding tert-OH is 2. The molecule has 1 aromatic carbocycles. The molecule has 8 amide bonds. The van der Waals surface area contributed by atoms with Crippen LogP contribution in [0.3, 0.4) is 0 Å². The van der Waals surface area contributed by atoms with Gasteiger partial charge in [0, 0.05) is 19.4 Å². The highest BCUT2D eigenvalue weighted by molar-refractivity contribution is 5.98. The molecule has 0 aliphatic heterocycles. The maximum absolute atomic E-state index is 13.7. The molecule has 0 fully saturated rings. The molecule has 0 radical (unpaired) electrons. The summed E-state index contributed by atoms with van der Waals surface area (Å²) in [6.45, 7) is 2.87. The topological polar surface area (TPSA) is 502 Å². The first-order chi connectivity index (χ1) is 34.9. The summed E-state index contributed by atoms with van der Waals surface area (Å²) in [5, 5.41) is 66.8. The minimum Gasteiger partial charge on any atom is -0.481 e. The van der Waals surface area contributed by atoms with E-state index in [0.29, 0.717) is 37.8 Å². The van der Waals surface area contributed by atoms with Gasteiger partial charge in [-0.25, -0.2) is 4.79 Å². The molecule has 1 rings (SSSR count). The Kier molecular flexibility index (Phi) is 29.7. The molecule has 21 N–H and O–H groups in total. The quantitative estimate of drug-likeness (QED) is 0.0169. The zero-order valence-corrected chi connectivity index (χ0v) is 41.5. The van der Waals surface area contributed by atoms with Crippen LogP contribution in [-0.4, -0.2) is 177 Å². The number of carboxylic acid groups (broad SMARTS) is 3. The van der Waals surface area contributed by atoms with Gasteiger partial charge < -0.3 is 91.0 Å². The first kappa shape index (κ1) is 64.5. The fraction of sp³-hybridized carbons (Fsp3) is 0.600.